The fourth-order valence-corrected chi connectivity index (χ4v) is 7.29. The van der Waals surface area contributed by atoms with E-state index in [4.69, 9.17) is 32.9 Å². The van der Waals surface area contributed by atoms with Gasteiger partial charge in [-0.3, -0.25) is 4.90 Å². The Labute approximate surface area is 246 Å². The van der Waals surface area contributed by atoms with E-state index in [9.17, 15) is 9.59 Å². The molecule has 2 fully saturated rings. The summed E-state index contributed by atoms with van der Waals surface area (Å²) >= 11 is 0. The Balaban J connectivity index is 1.98. The smallest absolute Gasteiger partial charge is 0.431 e. The summed E-state index contributed by atoms with van der Waals surface area (Å²) in [6, 6.07) is 1.82. The van der Waals surface area contributed by atoms with Crippen LogP contribution in [0.3, 0.4) is 0 Å². The molecule has 2 unspecified atom stereocenters. The second-order valence-electron chi connectivity index (χ2n) is 11.9. The Morgan fingerprint density at radius 3 is 2.49 bits per heavy atom. The maximum atomic E-state index is 13.1. The van der Waals surface area contributed by atoms with Gasteiger partial charge in [-0.15, -0.1) is 0 Å². The van der Waals surface area contributed by atoms with Gasteiger partial charge in [0, 0.05) is 24.0 Å². The van der Waals surface area contributed by atoms with Gasteiger partial charge in [0.2, 0.25) is 0 Å². The number of nitriles is 1. The number of amides is 2. The summed E-state index contributed by atoms with van der Waals surface area (Å²) in [6.07, 6.45) is -0.567. The van der Waals surface area contributed by atoms with Gasteiger partial charge in [0.15, 0.2) is 14.5 Å². The molecule has 2 amide bonds. The van der Waals surface area contributed by atoms with Gasteiger partial charge < -0.3 is 33.0 Å². The number of nitrogens with zero attached hydrogens (tertiary/aromatic N) is 3. The third-order valence-electron chi connectivity index (χ3n) is 6.38. The van der Waals surface area contributed by atoms with Gasteiger partial charge in [-0.25, -0.2) is 14.3 Å². The second-order valence-corrected chi connectivity index (χ2v) is 17.7. The van der Waals surface area contributed by atoms with Crippen LogP contribution < -0.4 is 5.32 Å². The Hall–Kier alpha value is -2.04. The first-order chi connectivity index (χ1) is 19.2. The van der Waals surface area contributed by atoms with Crippen molar-refractivity contribution in [3.8, 4) is 6.07 Å². The molecule has 1 saturated carbocycles. The van der Waals surface area contributed by atoms with E-state index in [0.717, 1.165) is 18.4 Å². The molecule has 0 bridgehead atoms. The highest BCUT2D eigenvalue weighted by Gasteiger charge is 2.53. The quantitative estimate of drug-likeness (QED) is 0.118. The molecule has 0 aromatic heterocycles. The summed E-state index contributed by atoms with van der Waals surface area (Å²) in [6.45, 7) is 20.0. The fraction of sp³-hybridized carbons (Fsp3) is 0.741. The van der Waals surface area contributed by atoms with Crippen molar-refractivity contribution >= 4 is 29.0 Å². The molecule has 1 N–H and O–H groups in total. The van der Waals surface area contributed by atoms with Crippen LogP contribution in [-0.2, 0) is 27.7 Å². The van der Waals surface area contributed by atoms with E-state index < -0.39 is 53.6 Å². The molecular weight excluding hydrogens is 567 g/mol. The van der Waals surface area contributed by atoms with Crippen molar-refractivity contribution in [3.05, 3.63) is 24.0 Å². The van der Waals surface area contributed by atoms with Gasteiger partial charge in [-0.05, 0) is 72.7 Å². The van der Waals surface area contributed by atoms with Crippen molar-refractivity contribution in [1.82, 2.24) is 14.9 Å². The van der Waals surface area contributed by atoms with Crippen LogP contribution in [0.25, 0.3) is 0 Å². The number of hydrogen-bond donors (Lipinski definition) is 1. The molecule has 230 valence electrons. The Bertz CT molecular complexity index is 1020. The fourth-order valence-electron chi connectivity index (χ4n) is 4.46. The van der Waals surface area contributed by atoms with Crippen LogP contribution in [-0.4, -0.2) is 86.0 Å². The summed E-state index contributed by atoms with van der Waals surface area (Å²) < 4.78 is 38.9. The predicted molar refractivity (Wildman–Crippen MR) is 156 cm³/mol. The molecule has 0 aromatic carbocycles. The normalized spacial score (nSPS) is 25.8. The zero-order valence-corrected chi connectivity index (χ0v) is 27.3. The number of nitrogens with one attached hydrogen (secondary N) is 1. The minimum absolute atomic E-state index is 0.0605. The second kappa shape index (κ2) is 14.4. The van der Waals surface area contributed by atoms with Crippen LogP contribution in [0, 0.1) is 11.3 Å². The summed E-state index contributed by atoms with van der Waals surface area (Å²) in [7, 11) is -3.94. The Morgan fingerprint density at radius 2 is 1.93 bits per heavy atom. The molecule has 0 spiro atoms. The van der Waals surface area contributed by atoms with Crippen molar-refractivity contribution in [3.63, 3.8) is 0 Å². The molecule has 41 heavy (non-hydrogen) atoms. The first-order valence-corrected chi connectivity index (χ1v) is 18.6. The van der Waals surface area contributed by atoms with Crippen molar-refractivity contribution < 1.29 is 37.3 Å². The molecule has 3 rings (SSSR count). The Kier molecular flexibility index (Phi) is 11.8. The van der Waals surface area contributed by atoms with Crippen LogP contribution in [0.5, 0.6) is 0 Å². The lowest BCUT2D eigenvalue weighted by molar-refractivity contribution is -0.0708. The molecule has 14 heteroatoms. The van der Waals surface area contributed by atoms with Crippen LogP contribution in [0.4, 0.5) is 9.59 Å². The maximum absolute atomic E-state index is 13.1. The molecule has 2 aliphatic heterocycles. The van der Waals surface area contributed by atoms with Crippen molar-refractivity contribution in [1.29, 1.82) is 5.26 Å². The Morgan fingerprint density at radius 1 is 1.27 bits per heavy atom. The standard InChI is InChI=1S/C27H45N4O8PSi/c1-17(2)31(18(3)4)40(35-14-10-13-28)38-23-22(16-34-27(33)36-21-11-12-21)37-25(24(23)39-41(7,8)9)30-15-19(5)20(6)29-26(30)32/h15,17-18,21-25H,6,10-12,14,16H2,1-5,7-9H3,(H,29,32)/t22-,23-,24?,25-,40?/m1/s1. The number of hydrogen-bond acceptors (Lipinski definition) is 10. The van der Waals surface area contributed by atoms with E-state index in [0.29, 0.717) is 5.70 Å². The van der Waals surface area contributed by atoms with Gasteiger partial charge in [0.1, 0.15) is 31.0 Å². The molecule has 1 aliphatic carbocycles. The van der Waals surface area contributed by atoms with Crippen molar-refractivity contribution in [2.24, 2.45) is 0 Å². The van der Waals surface area contributed by atoms with Crippen LogP contribution >= 0.6 is 8.53 Å². The lowest BCUT2D eigenvalue weighted by atomic mass is 10.1. The van der Waals surface area contributed by atoms with E-state index in [-0.39, 0.29) is 37.8 Å². The average Bonchev–Trinajstić information content (AvgIpc) is 3.61. The van der Waals surface area contributed by atoms with Gasteiger partial charge in [-0.2, -0.15) is 5.26 Å². The molecule has 0 aromatic rings. The van der Waals surface area contributed by atoms with E-state index in [1.54, 1.807) is 6.20 Å². The van der Waals surface area contributed by atoms with Crippen molar-refractivity contribution in [2.45, 2.75) is 116 Å². The van der Waals surface area contributed by atoms with E-state index in [1.165, 1.54) is 4.90 Å². The summed E-state index contributed by atoms with van der Waals surface area (Å²) in [5.74, 6) is 0. The first kappa shape index (κ1) is 33.5. The summed E-state index contributed by atoms with van der Waals surface area (Å²) in [5, 5.41) is 11.9. The minimum atomic E-state index is -2.24. The average molecular weight is 613 g/mol. The molecule has 3 aliphatic rings. The monoisotopic (exact) mass is 612 g/mol. The highest BCUT2D eigenvalue weighted by molar-refractivity contribution is 7.44. The predicted octanol–water partition coefficient (Wildman–Crippen LogP) is 5.35. The van der Waals surface area contributed by atoms with Crippen LogP contribution in [0.15, 0.2) is 24.0 Å². The minimum Gasteiger partial charge on any atom is -0.431 e. The van der Waals surface area contributed by atoms with E-state index >= 15 is 0 Å². The largest absolute Gasteiger partial charge is 0.508 e. The van der Waals surface area contributed by atoms with Crippen LogP contribution in [0.1, 0.15) is 53.9 Å². The zero-order valence-electron chi connectivity index (χ0n) is 25.4. The SMILES string of the molecule is C=C1NC(=O)N([C@@H]2O[C@H](COC(=O)OC3CC3)[C@@H](OP(OCCC#N)N(C(C)C)C(C)C)C2O[Si](C)(C)C)C=C1C. The summed E-state index contributed by atoms with van der Waals surface area (Å²) in [5.41, 5.74) is 1.26. The lowest BCUT2D eigenvalue weighted by Crippen LogP contribution is -2.53. The molecular formula is C27H45N4O8PSi. The molecule has 5 atom stereocenters. The van der Waals surface area contributed by atoms with Crippen molar-refractivity contribution in [2.75, 3.05) is 13.2 Å². The molecule has 0 radical (unpaired) electrons. The lowest BCUT2D eigenvalue weighted by Gasteiger charge is -2.39. The number of carbonyl (C=O) groups is 2. The zero-order chi connectivity index (χ0) is 30.5. The van der Waals surface area contributed by atoms with Gasteiger partial charge in [0.25, 0.3) is 8.53 Å². The summed E-state index contributed by atoms with van der Waals surface area (Å²) in [4.78, 5) is 26.9. The number of allylic oxidation sites excluding steroid dienone is 1. The number of carbonyl (C=O) groups excluding carboxylic acids is 2. The van der Waals surface area contributed by atoms with Gasteiger partial charge >= 0.3 is 12.2 Å². The molecule has 12 nitrogen and oxygen atoms in total. The number of rotatable bonds is 14. The number of ether oxygens (including phenoxy) is 3. The topological polar surface area (TPSA) is 132 Å². The van der Waals surface area contributed by atoms with Gasteiger partial charge in [-0.1, -0.05) is 6.58 Å². The third-order valence-corrected chi connectivity index (χ3v) is 9.48. The number of urea groups is 1. The van der Waals surface area contributed by atoms with E-state index in [2.05, 4.69) is 22.6 Å². The highest BCUT2D eigenvalue weighted by atomic mass is 31.2. The van der Waals surface area contributed by atoms with Crippen LogP contribution in [0.2, 0.25) is 19.6 Å². The first-order valence-electron chi connectivity index (χ1n) is 14.1. The maximum Gasteiger partial charge on any atom is 0.508 e. The highest BCUT2D eigenvalue weighted by Crippen LogP contribution is 2.50. The van der Waals surface area contributed by atoms with Gasteiger partial charge in [0.05, 0.1) is 19.1 Å². The van der Waals surface area contributed by atoms with E-state index in [1.807, 2.05) is 54.3 Å². The molecule has 1 saturated heterocycles. The third kappa shape index (κ3) is 9.48. The molecule has 2 heterocycles.